The minimum absolute atomic E-state index is 0.560. The first-order chi connectivity index (χ1) is 8.56. The van der Waals surface area contributed by atoms with Crippen LogP contribution in [0.25, 0.3) is 11.1 Å². The van der Waals surface area contributed by atoms with Crippen LogP contribution in [-0.4, -0.2) is 11.2 Å². The van der Waals surface area contributed by atoms with Gasteiger partial charge >= 0.3 is 6.09 Å². The average molecular weight is 262 g/mol. The molecule has 0 fully saturated rings. The Morgan fingerprint density at radius 1 is 1.22 bits per heavy atom. The highest BCUT2D eigenvalue weighted by atomic mass is 35.5. The number of anilines is 1. The molecule has 2 aromatic rings. The molecule has 2 rings (SSSR count). The predicted octanol–water partition coefficient (Wildman–Crippen LogP) is 4.41. The Balaban J connectivity index is 2.52. The summed E-state index contributed by atoms with van der Waals surface area (Å²) in [6.07, 6.45) is -1.08. The molecule has 0 saturated heterocycles. The largest absolute Gasteiger partial charge is 0.465 e. The van der Waals surface area contributed by atoms with E-state index in [0.29, 0.717) is 10.7 Å². The number of carboxylic acid groups (broad SMARTS) is 1. The summed E-state index contributed by atoms with van der Waals surface area (Å²) in [6.45, 7) is 1.91. The Kier molecular flexibility index (Phi) is 3.53. The zero-order chi connectivity index (χ0) is 13.1. The van der Waals surface area contributed by atoms with Crippen LogP contribution in [0.1, 0.15) is 5.56 Å². The number of carbonyl (C=O) groups is 1. The SMILES string of the molecule is Cc1ccc(-c2cccc(Cl)c2)c(NC(=O)O)c1. The fraction of sp³-hybridized carbons (Fsp3) is 0.0714. The van der Waals surface area contributed by atoms with E-state index in [0.717, 1.165) is 16.7 Å². The van der Waals surface area contributed by atoms with E-state index >= 15 is 0 Å². The Morgan fingerprint density at radius 2 is 2.00 bits per heavy atom. The van der Waals surface area contributed by atoms with Gasteiger partial charge in [-0.1, -0.05) is 35.9 Å². The molecule has 0 unspecified atom stereocenters. The molecule has 0 aromatic heterocycles. The lowest BCUT2D eigenvalue weighted by Crippen LogP contribution is -2.08. The van der Waals surface area contributed by atoms with Crippen LogP contribution in [-0.2, 0) is 0 Å². The number of nitrogens with one attached hydrogen (secondary N) is 1. The van der Waals surface area contributed by atoms with Crippen molar-refractivity contribution in [1.29, 1.82) is 0 Å². The molecular formula is C14H12ClNO2. The molecule has 0 aliphatic carbocycles. The van der Waals surface area contributed by atoms with E-state index in [9.17, 15) is 4.79 Å². The van der Waals surface area contributed by atoms with E-state index < -0.39 is 6.09 Å². The van der Waals surface area contributed by atoms with Gasteiger partial charge in [-0.15, -0.1) is 0 Å². The number of halogens is 1. The van der Waals surface area contributed by atoms with E-state index in [4.69, 9.17) is 16.7 Å². The lowest BCUT2D eigenvalue weighted by atomic mass is 10.0. The van der Waals surface area contributed by atoms with Gasteiger partial charge in [0, 0.05) is 10.6 Å². The van der Waals surface area contributed by atoms with Gasteiger partial charge in [0.2, 0.25) is 0 Å². The first-order valence-corrected chi connectivity index (χ1v) is 5.80. The van der Waals surface area contributed by atoms with Crippen LogP contribution in [0.5, 0.6) is 0 Å². The van der Waals surface area contributed by atoms with Crippen LogP contribution >= 0.6 is 11.6 Å². The molecule has 0 heterocycles. The molecule has 0 atom stereocenters. The van der Waals surface area contributed by atoms with E-state index in [1.54, 1.807) is 18.2 Å². The summed E-state index contributed by atoms with van der Waals surface area (Å²) in [7, 11) is 0. The minimum Gasteiger partial charge on any atom is -0.465 e. The van der Waals surface area contributed by atoms with Crippen LogP contribution in [0.2, 0.25) is 5.02 Å². The number of benzene rings is 2. The summed E-state index contributed by atoms with van der Waals surface area (Å²) < 4.78 is 0. The third kappa shape index (κ3) is 2.81. The fourth-order valence-electron chi connectivity index (χ4n) is 1.78. The van der Waals surface area contributed by atoms with Gasteiger partial charge in [0.1, 0.15) is 0 Å². The minimum atomic E-state index is -1.08. The summed E-state index contributed by atoms with van der Waals surface area (Å²) in [6, 6.07) is 12.9. The highest BCUT2D eigenvalue weighted by molar-refractivity contribution is 6.30. The maximum atomic E-state index is 10.8. The molecule has 0 radical (unpaired) electrons. The van der Waals surface area contributed by atoms with Gasteiger partial charge in [0.05, 0.1) is 5.69 Å². The summed E-state index contributed by atoms with van der Waals surface area (Å²) in [5.74, 6) is 0. The Morgan fingerprint density at radius 3 is 2.67 bits per heavy atom. The van der Waals surface area contributed by atoms with Crippen molar-refractivity contribution in [3.05, 3.63) is 53.1 Å². The zero-order valence-corrected chi connectivity index (χ0v) is 10.5. The Bertz CT molecular complexity index is 596. The van der Waals surface area contributed by atoms with Gasteiger partial charge in [-0.3, -0.25) is 5.32 Å². The van der Waals surface area contributed by atoms with E-state index in [1.165, 1.54) is 0 Å². The van der Waals surface area contributed by atoms with E-state index in [-0.39, 0.29) is 0 Å². The molecule has 0 bridgehead atoms. The van der Waals surface area contributed by atoms with Gasteiger partial charge in [0.15, 0.2) is 0 Å². The maximum Gasteiger partial charge on any atom is 0.409 e. The first-order valence-electron chi connectivity index (χ1n) is 5.43. The third-order valence-electron chi connectivity index (χ3n) is 2.55. The third-order valence-corrected chi connectivity index (χ3v) is 2.79. The van der Waals surface area contributed by atoms with Crippen molar-refractivity contribution in [1.82, 2.24) is 0 Å². The molecule has 92 valence electrons. The summed E-state index contributed by atoms with van der Waals surface area (Å²) in [4.78, 5) is 10.8. The monoisotopic (exact) mass is 261 g/mol. The molecule has 0 aliphatic heterocycles. The van der Waals surface area contributed by atoms with Crippen molar-refractivity contribution in [2.45, 2.75) is 6.92 Å². The highest BCUT2D eigenvalue weighted by Crippen LogP contribution is 2.30. The van der Waals surface area contributed by atoms with E-state index in [1.807, 2.05) is 31.2 Å². The zero-order valence-electron chi connectivity index (χ0n) is 9.77. The lowest BCUT2D eigenvalue weighted by Gasteiger charge is -2.10. The van der Waals surface area contributed by atoms with Gasteiger partial charge in [-0.25, -0.2) is 4.79 Å². The Hall–Kier alpha value is -2.00. The number of hydrogen-bond acceptors (Lipinski definition) is 1. The van der Waals surface area contributed by atoms with Crippen LogP contribution in [0.15, 0.2) is 42.5 Å². The standard InChI is InChI=1S/C14H12ClNO2/c1-9-5-6-12(13(7-9)16-14(17)18)10-3-2-4-11(15)8-10/h2-8,16H,1H3,(H,17,18). The number of aryl methyl sites for hydroxylation is 1. The number of hydrogen-bond donors (Lipinski definition) is 2. The second-order valence-corrected chi connectivity index (χ2v) is 4.43. The second kappa shape index (κ2) is 5.10. The van der Waals surface area contributed by atoms with Crippen molar-refractivity contribution >= 4 is 23.4 Å². The first kappa shape index (κ1) is 12.5. The molecule has 0 aliphatic rings. The molecule has 18 heavy (non-hydrogen) atoms. The van der Waals surface area contributed by atoms with Gasteiger partial charge < -0.3 is 5.11 Å². The topological polar surface area (TPSA) is 49.3 Å². The van der Waals surface area contributed by atoms with Gasteiger partial charge in [0.25, 0.3) is 0 Å². The average Bonchev–Trinajstić information content (AvgIpc) is 2.28. The van der Waals surface area contributed by atoms with Gasteiger partial charge in [-0.2, -0.15) is 0 Å². The van der Waals surface area contributed by atoms with Crippen LogP contribution < -0.4 is 5.32 Å². The quantitative estimate of drug-likeness (QED) is 0.841. The van der Waals surface area contributed by atoms with Crippen LogP contribution in [0.3, 0.4) is 0 Å². The van der Waals surface area contributed by atoms with Crippen molar-refractivity contribution in [3.8, 4) is 11.1 Å². The molecule has 1 amide bonds. The number of amides is 1. The highest BCUT2D eigenvalue weighted by Gasteiger charge is 2.08. The molecule has 2 N–H and O–H groups in total. The van der Waals surface area contributed by atoms with Gasteiger partial charge in [-0.05, 0) is 36.2 Å². The lowest BCUT2D eigenvalue weighted by molar-refractivity contribution is 0.210. The van der Waals surface area contributed by atoms with Crippen molar-refractivity contribution < 1.29 is 9.90 Å². The molecule has 4 heteroatoms. The molecule has 0 saturated carbocycles. The summed E-state index contributed by atoms with van der Waals surface area (Å²) in [5, 5.41) is 11.9. The second-order valence-electron chi connectivity index (χ2n) is 3.99. The van der Waals surface area contributed by atoms with Crippen LogP contribution in [0.4, 0.5) is 10.5 Å². The van der Waals surface area contributed by atoms with Crippen molar-refractivity contribution in [2.75, 3.05) is 5.32 Å². The molecule has 0 spiro atoms. The molecule has 2 aromatic carbocycles. The summed E-state index contributed by atoms with van der Waals surface area (Å²) >= 11 is 5.95. The molecular weight excluding hydrogens is 250 g/mol. The fourth-order valence-corrected chi connectivity index (χ4v) is 1.97. The van der Waals surface area contributed by atoms with E-state index in [2.05, 4.69) is 5.32 Å². The summed E-state index contributed by atoms with van der Waals surface area (Å²) in [5.41, 5.74) is 3.24. The molecule has 3 nitrogen and oxygen atoms in total. The smallest absolute Gasteiger partial charge is 0.409 e. The van der Waals surface area contributed by atoms with Crippen molar-refractivity contribution in [2.24, 2.45) is 0 Å². The van der Waals surface area contributed by atoms with Crippen molar-refractivity contribution in [3.63, 3.8) is 0 Å². The maximum absolute atomic E-state index is 10.8. The predicted molar refractivity (Wildman–Crippen MR) is 73.3 cm³/mol. The normalized spacial score (nSPS) is 10.1. The van der Waals surface area contributed by atoms with Crippen LogP contribution in [0, 0.1) is 6.92 Å². The Labute approximate surface area is 110 Å². The number of rotatable bonds is 2.